The summed E-state index contributed by atoms with van der Waals surface area (Å²) in [6.07, 6.45) is 1.84. The van der Waals surface area contributed by atoms with Crippen LogP contribution in [0.5, 0.6) is 11.5 Å². The van der Waals surface area contributed by atoms with Gasteiger partial charge in [0, 0.05) is 17.1 Å². The number of nitrogens with zero attached hydrogens (tertiary/aromatic N) is 1. The van der Waals surface area contributed by atoms with Crippen molar-refractivity contribution in [1.29, 1.82) is 0 Å². The highest BCUT2D eigenvalue weighted by atomic mass is 79.9. The second-order valence-electron chi connectivity index (χ2n) is 6.48. The van der Waals surface area contributed by atoms with Crippen molar-refractivity contribution >= 4 is 42.8 Å². The van der Waals surface area contributed by atoms with E-state index in [0.29, 0.717) is 38.9 Å². The van der Waals surface area contributed by atoms with Crippen molar-refractivity contribution in [2.45, 2.75) is 17.2 Å². The van der Waals surface area contributed by atoms with Gasteiger partial charge in [-0.25, -0.2) is 13.1 Å². The molecule has 7 nitrogen and oxygen atoms in total. The van der Waals surface area contributed by atoms with E-state index in [1.807, 2.05) is 0 Å². The van der Waals surface area contributed by atoms with Crippen molar-refractivity contribution in [2.75, 3.05) is 13.7 Å². The summed E-state index contributed by atoms with van der Waals surface area (Å²) in [6, 6.07) is 11.8. The van der Waals surface area contributed by atoms with E-state index < -0.39 is 21.8 Å². The SMILES string of the molecule is COc1ccc(Br)c2c1[C@@H](C(=O)NS(=O)(=O)c1cccc3cccnc13)CCO2. The van der Waals surface area contributed by atoms with Crippen LogP contribution in [0.2, 0.25) is 0 Å². The zero-order chi connectivity index (χ0) is 20.6. The predicted octanol–water partition coefficient (Wildman–Crippen LogP) is 3.38. The number of carbonyl (C=O) groups excluding carboxylic acids is 1. The Morgan fingerprint density at radius 2 is 2.03 bits per heavy atom. The summed E-state index contributed by atoms with van der Waals surface area (Å²) in [5, 5.41) is 0.671. The second-order valence-corrected chi connectivity index (χ2v) is 8.99. The molecule has 1 atom stereocenters. The fraction of sp³-hybridized carbons (Fsp3) is 0.200. The number of amides is 1. The molecule has 1 N–H and O–H groups in total. The third-order valence-corrected chi connectivity index (χ3v) is 6.77. The lowest BCUT2D eigenvalue weighted by Crippen LogP contribution is -2.37. The summed E-state index contributed by atoms with van der Waals surface area (Å²) in [5.74, 6) is -0.421. The molecule has 0 unspecified atom stereocenters. The molecule has 4 rings (SSSR count). The molecule has 1 aliphatic heterocycles. The molecule has 0 spiro atoms. The Morgan fingerprint density at radius 3 is 2.83 bits per heavy atom. The fourth-order valence-electron chi connectivity index (χ4n) is 3.45. The Bertz CT molecular complexity index is 1210. The van der Waals surface area contributed by atoms with Gasteiger partial charge in [0.25, 0.3) is 10.0 Å². The van der Waals surface area contributed by atoms with E-state index in [2.05, 4.69) is 25.6 Å². The van der Waals surface area contributed by atoms with E-state index in [0.717, 1.165) is 0 Å². The first-order chi connectivity index (χ1) is 13.9. The minimum Gasteiger partial charge on any atom is -0.496 e. The lowest BCUT2D eigenvalue weighted by Gasteiger charge is -2.27. The number of nitrogens with one attached hydrogen (secondary N) is 1. The van der Waals surface area contributed by atoms with Gasteiger partial charge in [0.2, 0.25) is 5.91 Å². The van der Waals surface area contributed by atoms with Crippen LogP contribution in [0.25, 0.3) is 10.9 Å². The van der Waals surface area contributed by atoms with E-state index in [-0.39, 0.29) is 11.5 Å². The summed E-state index contributed by atoms with van der Waals surface area (Å²) >= 11 is 3.41. The molecule has 0 fully saturated rings. The molecule has 0 aliphatic carbocycles. The molecule has 1 aliphatic rings. The first kappa shape index (κ1) is 19.7. The van der Waals surface area contributed by atoms with Gasteiger partial charge in [0.05, 0.1) is 29.6 Å². The quantitative estimate of drug-likeness (QED) is 0.620. The third kappa shape index (κ3) is 3.56. The Kier molecular flexibility index (Phi) is 5.18. The van der Waals surface area contributed by atoms with Crippen LogP contribution in [0.1, 0.15) is 17.9 Å². The van der Waals surface area contributed by atoms with E-state index in [4.69, 9.17) is 9.47 Å². The number of hydrogen-bond acceptors (Lipinski definition) is 6. The second kappa shape index (κ2) is 7.64. The largest absolute Gasteiger partial charge is 0.496 e. The number of pyridine rings is 1. The number of fused-ring (bicyclic) bond motifs is 2. The van der Waals surface area contributed by atoms with Crippen LogP contribution in [0.4, 0.5) is 0 Å². The fourth-order valence-corrected chi connectivity index (χ4v) is 5.11. The smallest absolute Gasteiger partial charge is 0.266 e. The van der Waals surface area contributed by atoms with Crippen LogP contribution in [-0.2, 0) is 14.8 Å². The molecule has 150 valence electrons. The number of methoxy groups -OCH3 is 1. The van der Waals surface area contributed by atoms with Crippen molar-refractivity contribution in [1.82, 2.24) is 9.71 Å². The third-order valence-electron chi connectivity index (χ3n) is 4.77. The Morgan fingerprint density at radius 1 is 1.24 bits per heavy atom. The molecule has 1 aromatic heterocycles. The lowest BCUT2D eigenvalue weighted by molar-refractivity contribution is -0.121. The molecule has 29 heavy (non-hydrogen) atoms. The molecule has 0 bridgehead atoms. The van der Waals surface area contributed by atoms with Gasteiger partial charge in [-0.15, -0.1) is 0 Å². The standard InChI is InChI=1S/C20H17BrN2O5S/c1-27-15-8-7-14(21)19-17(15)13(9-11-28-19)20(24)23-29(25,26)16-6-2-4-12-5-3-10-22-18(12)16/h2-8,10,13H,9,11H2,1H3,(H,23,24)/t13-/m0/s1. The summed E-state index contributed by atoms with van der Waals surface area (Å²) in [5.41, 5.74) is 0.833. The predicted molar refractivity (Wildman–Crippen MR) is 111 cm³/mol. The summed E-state index contributed by atoms with van der Waals surface area (Å²) < 4.78 is 39.9. The van der Waals surface area contributed by atoms with E-state index in [1.165, 1.54) is 19.4 Å². The summed E-state index contributed by atoms with van der Waals surface area (Å²) in [4.78, 5) is 17.1. The molecule has 2 aromatic carbocycles. The van der Waals surface area contributed by atoms with Gasteiger partial charge in [-0.1, -0.05) is 18.2 Å². The number of para-hydroxylation sites is 1. The average molecular weight is 477 g/mol. The van der Waals surface area contributed by atoms with Crippen LogP contribution >= 0.6 is 15.9 Å². The molecule has 1 amide bonds. The number of benzene rings is 2. The Hall–Kier alpha value is -2.65. The Labute approximate surface area is 176 Å². The summed E-state index contributed by atoms with van der Waals surface area (Å²) in [7, 11) is -2.63. The highest BCUT2D eigenvalue weighted by molar-refractivity contribution is 9.10. The molecular weight excluding hydrogens is 460 g/mol. The van der Waals surface area contributed by atoms with Crippen LogP contribution < -0.4 is 14.2 Å². The van der Waals surface area contributed by atoms with Crippen LogP contribution in [-0.4, -0.2) is 33.0 Å². The zero-order valence-electron chi connectivity index (χ0n) is 15.4. The van der Waals surface area contributed by atoms with Gasteiger partial charge in [-0.05, 0) is 46.6 Å². The summed E-state index contributed by atoms with van der Waals surface area (Å²) in [6.45, 7) is 0.284. The van der Waals surface area contributed by atoms with E-state index in [1.54, 1.807) is 36.4 Å². The van der Waals surface area contributed by atoms with E-state index >= 15 is 0 Å². The van der Waals surface area contributed by atoms with Crippen LogP contribution in [0.15, 0.2) is 58.0 Å². The number of sulfonamides is 1. The Balaban J connectivity index is 1.72. The van der Waals surface area contributed by atoms with E-state index in [9.17, 15) is 13.2 Å². The maximum Gasteiger partial charge on any atom is 0.266 e. The van der Waals surface area contributed by atoms with Gasteiger partial charge in [-0.3, -0.25) is 9.78 Å². The van der Waals surface area contributed by atoms with Crippen molar-refractivity contribution in [3.05, 3.63) is 58.7 Å². The van der Waals surface area contributed by atoms with Crippen molar-refractivity contribution in [2.24, 2.45) is 0 Å². The topological polar surface area (TPSA) is 94.6 Å². The monoisotopic (exact) mass is 476 g/mol. The highest BCUT2D eigenvalue weighted by Crippen LogP contribution is 2.44. The minimum absolute atomic E-state index is 0.0440. The maximum absolute atomic E-state index is 13.0. The zero-order valence-corrected chi connectivity index (χ0v) is 17.8. The molecule has 0 radical (unpaired) electrons. The molecule has 0 saturated heterocycles. The molecule has 3 aromatic rings. The van der Waals surface area contributed by atoms with Gasteiger partial charge >= 0.3 is 0 Å². The molecule has 9 heteroatoms. The van der Waals surface area contributed by atoms with Gasteiger partial charge in [0.1, 0.15) is 16.4 Å². The van der Waals surface area contributed by atoms with Gasteiger partial charge < -0.3 is 9.47 Å². The highest BCUT2D eigenvalue weighted by Gasteiger charge is 2.35. The number of hydrogen-bond donors (Lipinski definition) is 1. The van der Waals surface area contributed by atoms with Crippen LogP contribution in [0, 0.1) is 0 Å². The van der Waals surface area contributed by atoms with Crippen LogP contribution in [0.3, 0.4) is 0 Å². The minimum atomic E-state index is -4.12. The lowest BCUT2D eigenvalue weighted by atomic mass is 9.91. The number of halogens is 1. The number of carbonyl (C=O) groups is 1. The number of rotatable bonds is 4. The van der Waals surface area contributed by atoms with Gasteiger partial charge in [0.15, 0.2) is 0 Å². The average Bonchev–Trinajstić information content (AvgIpc) is 2.73. The van der Waals surface area contributed by atoms with Crippen molar-refractivity contribution in [3.8, 4) is 11.5 Å². The molecule has 0 saturated carbocycles. The van der Waals surface area contributed by atoms with Crippen molar-refractivity contribution in [3.63, 3.8) is 0 Å². The molecular formula is C20H17BrN2O5S. The molecule has 2 heterocycles. The number of ether oxygens (including phenoxy) is 2. The first-order valence-electron chi connectivity index (χ1n) is 8.82. The maximum atomic E-state index is 13.0. The first-order valence-corrected chi connectivity index (χ1v) is 11.1. The normalized spacial score (nSPS) is 16.0. The van der Waals surface area contributed by atoms with Crippen molar-refractivity contribution < 1.29 is 22.7 Å². The number of aromatic nitrogens is 1. The van der Waals surface area contributed by atoms with Gasteiger partial charge in [-0.2, -0.15) is 0 Å².